The minimum Gasteiger partial charge on any atom is -0.469 e. The van der Waals surface area contributed by atoms with Crippen molar-refractivity contribution in [2.24, 2.45) is 16.8 Å². The zero-order valence-corrected chi connectivity index (χ0v) is 16.1. The fraction of sp³-hybridized carbons (Fsp3) is 0.867. The number of aliphatic imine (C=N–C) groups is 1. The minimum atomic E-state index is -0.109. The number of carbonyl (C=O) groups excluding carboxylic acids is 1. The van der Waals surface area contributed by atoms with Gasteiger partial charge in [-0.1, -0.05) is 26.7 Å². The van der Waals surface area contributed by atoms with Crippen LogP contribution in [0.15, 0.2) is 4.99 Å². The lowest BCUT2D eigenvalue weighted by Gasteiger charge is -2.21. The lowest BCUT2D eigenvalue weighted by molar-refractivity contribution is -0.145. The Morgan fingerprint density at radius 2 is 2.05 bits per heavy atom. The molecule has 1 rings (SSSR count). The van der Waals surface area contributed by atoms with Crippen molar-refractivity contribution in [3.05, 3.63) is 0 Å². The Morgan fingerprint density at radius 1 is 1.33 bits per heavy atom. The van der Waals surface area contributed by atoms with E-state index in [4.69, 9.17) is 4.74 Å². The fourth-order valence-electron chi connectivity index (χ4n) is 2.57. The van der Waals surface area contributed by atoms with Gasteiger partial charge in [0.25, 0.3) is 0 Å². The maximum absolute atomic E-state index is 11.7. The van der Waals surface area contributed by atoms with Crippen LogP contribution in [0, 0.1) is 11.8 Å². The molecule has 0 saturated carbocycles. The van der Waals surface area contributed by atoms with E-state index in [-0.39, 0.29) is 35.9 Å². The molecule has 1 fully saturated rings. The average molecular weight is 411 g/mol. The van der Waals surface area contributed by atoms with E-state index in [0.717, 1.165) is 32.0 Å². The van der Waals surface area contributed by atoms with Gasteiger partial charge in [0.15, 0.2) is 5.96 Å². The van der Waals surface area contributed by atoms with Crippen LogP contribution >= 0.6 is 24.0 Å². The fourth-order valence-corrected chi connectivity index (χ4v) is 2.57. The smallest absolute Gasteiger partial charge is 0.310 e. The standard InChI is InChI=1S/C15H29N3O2.HI/c1-5-7-8-9-17-15(16-6-2)18-10-12(3)13(11-18)14(19)20-4;/h12-13H,5-11H2,1-4H3,(H,16,17);1H. The number of ether oxygens (including phenoxy) is 1. The molecule has 0 aromatic heterocycles. The highest BCUT2D eigenvalue weighted by Crippen LogP contribution is 2.24. The highest BCUT2D eigenvalue weighted by Gasteiger charge is 2.36. The summed E-state index contributed by atoms with van der Waals surface area (Å²) in [4.78, 5) is 18.6. The molecule has 0 bridgehead atoms. The van der Waals surface area contributed by atoms with Crippen LogP contribution < -0.4 is 5.32 Å². The average Bonchev–Trinajstić information content (AvgIpc) is 2.83. The van der Waals surface area contributed by atoms with E-state index in [0.29, 0.717) is 12.5 Å². The third kappa shape index (κ3) is 6.40. The third-order valence-electron chi connectivity index (χ3n) is 3.77. The van der Waals surface area contributed by atoms with E-state index in [2.05, 4.69) is 36.0 Å². The number of carbonyl (C=O) groups is 1. The summed E-state index contributed by atoms with van der Waals surface area (Å²) >= 11 is 0. The van der Waals surface area contributed by atoms with Crippen LogP contribution in [0.5, 0.6) is 0 Å². The van der Waals surface area contributed by atoms with Gasteiger partial charge in [0.1, 0.15) is 0 Å². The number of hydrogen-bond acceptors (Lipinski definition) is 3. The molecule has 0 spiro atoms. The molecule has 124 valence electrons. The molecule has 21 heavy (non-hydrogen) atoms. The first-order valence-corrected chi connectivity index (χ1v) is 7.75. The molecule has 0 amide bonds. The second-order valence-electron chi connectivity index (χ2n) is 5.45. The van der Waals surface area contributed by atoms with E-state index in [1.807, 2.05) is 0 Å². The van der Waals surface area contributed by atoms with Crippen molar-refractivity contribution >= 4 is 35.9 Å². The second-order valence-corrected chi connectivity index (χ2v) is 5.45. The van der Waals surface area contributed by atoms with Crippen molar-refractivity contribution in [3.63, 3.8) is 0 Å². The van der Waals surface area contributed by atoms with Gasteiger partial charge in [-0.25, -0.2) is 0 Å². The number of rotatable bonds is 6. The van der Waals surface area contributed by atoms with Gasteiger partial charge in [-0.2, -0.15) is 0 Å². The van der Waals surface area contributed by atoms with Gasteiger partial charge >= 0.3 is 5.97 Å². The molecule has 2 atom stereocenters. The van der Waals surface area contributed by atoms with Gasteiger partial charge in [0.05, 0.1) is 13.0 Å². The molecule has 6 heteroatoms. The van der Waals surface area contributed by atoms with Crippen LogP contribution in [-0.4, -0.2) is 50.1 Å². The SMILES string of the molecule is CCCCCN=C(NCC)N1CC(C)C(C(=O)OC)C1.I. The maximum Gasteiger partial charge on any atom is 0.310 e. The summed E-state index contributed by atoms with van der Waals surface area (Å²) in [7, 11) is 1.46. The maximum atomic E-state index is 11.7. The van der Waals surface area contributed by atoms with Crippen LogP contribution in [0.1, 0.15) is 40.0 Å². The number of esters is 1. The van der Waals surface area contributed by atoms with Gasteiger partial charge in [-0.15, -0.1) is 24.0 Å². The summed E-state index contributed by atoms with van der Waals surface area (Å²) in [5, 5.41) is 3.32. The van der Waals surface area contributed by atoms with Crippen LogP contribution in [0.3, 0.4) is 0 Å². The number of hydrogen-bond donors (Lipinski definition) is 1. The van der Waals surface area contributed by atoms with Gasteiger partial charge in [-0.3, -0.25) is 9.79 Å². The highest BCUT2D eigenvalue weighted by atomic mass is 127. The molecule has 0 aliphatic carbocycles. The molecule has 1 N–H and O–H groups in total. The number of unbranched alkanes of at least 4 members (excludes halogenated alkanes) is 2. The molecule has 1 saturated heterocycles. The summed E-state index contributed by atoms with van der Waals surface area (Å²) in [6, 6.07) is 0. The van der Waals surface area contributed by atoms with Crippen LogP contribution in [0.4, 0.5) is 0 Å². The third-order valence-corrected chi connectivity index (χ3v) is 3.77. The van der Waals surface area contributed by atoms with Crippen molar-refractivity contribution in [2.45, 2.75) is 40.0 Å². The predicted octanol–water partition coefficient (Wildman–Crippen LogP) is 2.50. The largest absolute Gasteiger partial charge is 0.469 e. The van der Waals surface area contributed by atoms with Crippen molar-refractivity contribution < 1.29 is 9.53 Å². The van der Waals surface area contributed by atoms with Crippen LogP contribution in [0.25, 0.3) is 0 Å². The molecule has 0 aromatic rings. The monoisotopic (exact) mass is 411 g/mol. The van der Waals surface area contributed by atoms with E-state index in [1.165, 1.54) is 20.0 Å². The Bertz CT molecular complexity index is 337. The number of likely N-dealkylation sites (tertiary alicyclic amines) is 1. The quantitative estimate of drug-likeness (QED) is 0.240. The number of nitrogens with one attached hydrogen (secondary N) is 1. The summed E-state index contributed by atoms with van der Waals surface area (Å²) in [5.74, 6) is 1.09. The van der Waals surface area contributed by atoms with Gasteiger partial charge in [0.2, 0.25) is 0 Å². The lowest BCUT2D eigenvalue weighted by atomic mass is 9.99. The summed E-state index contributed by atoms with van der Waals surface area (Å²) in [5.41, 5.74) is 0. The normalized spacial score (nSPS) is 21.9. The van der Waals surface area contributed by atoms with Crippen molar-refractivity contribution in [1.29, 1.82) is 0 Å². The van der Waals surface area contributed by atoms with Crippen LogP contribution in [0.2, 0.25) is 0 Å². The number of halogens is 1. The molecular weight excluding hydrogens is 381 g/mol. The number of nitrogens with zero attached hydrogens (tertiary/aromatic N) is 2. The van der Waals surface area contributed by atoms with Gasteiger partial charge in [0, 0.05) is 26.2 Å². The topological polar surface area (TPSA) is 53.9 Å². The van der Waals surface area contributed by atoms with Gasteiger partial charge in [-0.05, 0) is 19.3 Å². The van der Waals surface area contributed by atoms with E-state index >= 15 is 0 Å². The first-order valence-electron chi connectivity index (χ1n) is 7.75. The first-order chi connectivity index (χ1) is 9.63. The zero-order chi connectivity index (χ0) is 15.0. The molecule has 5 nitrogen and oxygen atoms in total. The van der Waals surface area contributed by atoms with Crippen LogP contribution in [-0.2, 0) is 9.53 Å². The minimum absolute atomic E-state index is 0. The Morgan fingerprint density at radius 3 is 2.62 bits per heavy atom. The Balaban J connectivity index is 0.00000400. The van der Waals surface area contributed by atoms with Crippen molar-refractivity contribution in [3.8, 4) is 0 Å². The summed E-state index contributed by atoms with van der Waals surface area (Å²) in [6.07, 6.45) is 3.54. The molecule has 1 heterocycles. The predicted molar refractivity (Wildman–Crippen MR) is 97.2 cm³/mol. The summed E-state index contributed by atoms with van der Waals surface area (Å²) < 4.78 is 4.88. The molecule has 1 aliphatic heterocycles. The number of guanidine groups is 1. The zero-order valence-electron chi connectivity index (χ0n) is 13.7. The van der Waals surface area contributed by atoms with E-state index < -0.39 is 0 Å². The Hall–Kier alpha value is -0.530. The Kier molecular flexibility index (Phi) is 10.8. The number of methoxy groups -OCH3 is 1. The second kappa shape index (κ2) is 11.1. The molecule has 0 radical (unpaired) electrons. The molecule has 0 aromatic carbocycles. The molecular formula is C15H30IN3O2. The highest BCUT2D eigenvalue weighted by molar-refractivity contribution is 14.0. The molecule has 1 aliphatic rings. The van der Waals surface area contributed by atoms with Gasteiger partial charge < -0.3 is 15.0 Å². The van der Waals surface area contributed by atoms with E-state index in [1.54, 1.807) is 0 Å². The van der Waals surface area contributed by atoms with E-state index in [9.17, 15) is 4.79 Å². The van der Waals surface area contributed by atoms with Crippen molar-refractivity contribution in [1.82, 2.24) is 10.2 Å². The first kappa shape index (κ1) is 20.5. The summed E-state index contributed by atoms with van der Waals surface area (Å²) in [6.45, 7) is 9.62. The Labute approximate surface area is 145 Å². The lowest BCUT2D eigenvalue weighted by Crippen LogP contribution is -2.40. The molecule has 2 unspecified atom stereocenters. The van der Waals surface area contributed by atoms with Crippen molar-refractivity contribution in [2.75, 3.05) is 33.3 Å².